The maximum atomic E-state index is 12.6. The molecule has 1 aliphatic heterocycles. The molecule has 23 heavy (non-hydrogen) atoms. The zero-order chi connectivity index (χ0) is 16.6. The molecule has 7 heteroatoms. The lowest BCUT2D eigenvalue weighted by molar-refractivity contribution is -0.138. The fourth-order valence-corrected chi connectivity index (χ4v) is 3.84. The average Bonchev–Trinajstić information content (AvgIpc) is 2.82. The summed E-state index contributed by atoms with van der Waals surface area (Å²) in [5, 5.41) is 0.683. The highest BCUT2D eigenvalue weighted by atomic mass is 32.1. The SMILES string of the molecule is Cc1sc2ncn(CCC(=O)N3CCOC(C)C3)c(=O)c2c1C. The molecular weight excluding hydrogens is 314 g/mol. The van der Waals surface area contributed by atoms with Gasteiger partial charge in [-0.25, -0.2) is 4.98 Å². The number of nitrogens with zero attached hydrogens (tertiary/aromatic N) is 3. The van der Waals surface area contributed by atoms with Gasteiger partial charge >= 0.3 is 0 Å². The van der Waals surface area contributed by atoms with Gasteiger partial charge in [-0.15, -0.1) is 11.3 Å². The molecule has 6 nitrogen and oxygen atoms in total. The summed E-state index contributed by atoms with van der Waals surface area (Å²) in [5.41, 5.74) is 0.935. The van der Waals surface area contributed by atoms with Crippen LogP contribution in [-0.4, -0.2) is 46.2 Å². The topological polar surface area (TPSA) is 64.4 Å². The standard InChI is InChI=1S/C16H21N3O3S/c1-10-8-18(6-7-22-10)13(20)4-5-19-9-17-15-14(16(19)21)11(2)12(3)23-15/h9-10H,4-8H2,1-3H3. The van der Waals surface area contributed by atoms with Crippen LogP contribution in [-0.2, 0) is 16.1 Å². The number of carbonyl (C=O) groups is 1. The van der Waals surface area contributed by atoms with Gasteiger partial charge < -0.3 is 9.64 Å². The number of carbonyl (C=O) groups excluding carboxylic acids is 1. The first kappa shape index (κ1) is 16.1. The van der Waals surface area contributed by atoms with E-state index in [9.17, 15) is 9.59 Å². The molecule has 1 unspecified atom stereocenters. The highest BCUT2D eigenvalue weighted by Gasteiger charge is 2.21. The lowest BCUT2D eigenvalue weighted by Gasteiger charge is -2.31. The molecular formula is C16H21N3O3S. The molecule has 1 amide bonds. The Morgan fingerprint density at radius 1 is 1.48 bits per heavy atom. The van der Waals surface area contributed by atoms with E-state index in [1.54, 1.807) is 10.9 Å². The van der Waals surface area contributed by atoms with E-state index in [4.69, 9.17) is 4.74 Å². The van der Waals surface area contributed by atoms with Crippen molar-refractivity contribution in [2.75, 3.05) is 19.7 Å². The highest BCUT2D eigenvalue weighted by Crippen LogP contribution is 2.25. The first-order valence-electron chi connectivity index (χ1n) is 7.82. The predicted octanol–water partition coefficient (Wildman–Crippen LogP) is 1.71. The van der Waals surface area contributed by atoms with Gasteiger partial charge in [-0.05, 0) is 26.3 Å². The van der Waals surface area contributed by atoms with Gasteiger partial charge in [0.2, 0.25) is 5.91 Å². The summed E-state index contributed by atoms with van der Waals surface area (Å²) in [6, 6.07) is 0. The van der Waals surface area contributed by atoms with Gasteiger partial charge in [0.05, 0.1) is 24.4 Å². The van der Waals surface area contributed by atoms with Crippen molar-refractivity contribution in [3.8, 4) is 0 Å². The third kappa shape index (κ3) is 3.16. The summed E-state index contributed by atoms with van der Waals surface area (Å²) in [7, 11) is 0. The maximum Gasteiger partial charge on any atom is 0.262 e. The molecule has 124 valence electrons. The number of amides is 1. The van der Waals surface area contributed by atoms with Crippen LogP contribution in [0, 0.1) is 13.8 Å². The number of fused-ring (bicyclic) bond motifs is 1. The molecule has 1 fully saturated rings. The Labute approximate surface area is 138 Å². The zero-order valence-electron chi connectivity index (χ0n) is 13.7. The lowest BCUT2D eigenvalue weighted by atomic mass is 10.2. The fraction of sp³-hybridized carbons (Fsp3) is 0.562. The van der Waals surface area contributed by atoms with Crippen molar-refractivity contribution >= 4 is 27.5 Å². The first-order chi connectivity index (χ1) is 11.0. The molecule has 2 aromatic rings. The third-order valence-corrected chi connectivity index (χ3v) is 5.43. The van der Waals surface area contributed by atoms with E-state index in [0.717, 1.165) is 15.3 Å². The molecule has 2 aromatic heterocycles. The Kier molecular flexibility index (Phi) is 4.50. The van der Waals surface area contributed by atoms with Crippen LogP contribution >= 0.6 is 11.3 Å². The van der Waals surface area contributed by atoms with Crippen LogP contribution in [0.3, 0.4) is 0 Å². The molecule has 1 atom stereocenters. The van der Waals surface area contributed by atoms with Crippen LogP contribution < -0.4 is 5.56 Å². The number of morpholine rings is 1. The minimum Gasteiger partial charge on any atom is -0.375 e. The van der Waals surface area contributed by atoms with Gasteiger partial charge in [-0.1, -0.05) is 0 Å². The first-order valence-corrected chi connectivity index (χ1v) is 8.63. The smallest absolute Gasteiger partial charge is 0.262 e. The Bertz CT molecular complexity index is 796. The summed E-state index contributed by atoms with van der Waals surface area (Å²) in [4.78, 5) is 32.9. The van der Waals surface area contributed by atoms with Gasteiger partial charge in [0.25, 0.3) is 5.56 Å². The Balaban J connectivity index is 1.74. The molecule has 1 saturated heterocycles. The molecule has 0 spiro atoms. The maximum absolute atomic E-state index is 12.6. The van der Waals surface area contributed by atoms with Crippen molar-refractivity contribution in [3.05, 3.63) is 27.1 Å². The Hall–Kier alpha value is -1.73. The van der Waals surface area contributed by atoms with E-state index < -0.39 is 0 Å². The summed E-state index contributed by atoms with van der Waals surface area (Å²) < 4.78 is 6.99. The number of rotatable bonds is 3. The zero-order valence-corrected chi connectivity index (χ0v) is 14.5. The largest absolute Gasteiger partial charge is 0.375 e. The molecule has 0 saturated carbocycles. The van der Waals surface area contributed by atoms with Crippen molar-refractivity contribution in [1.82, 2.24) is 14.5 Å². The molecule has 3 heterocycles. The number of aromatic nitrogens is 2. The summed E-state index contributed by atoms with van der Waals surface area (Å²) >= 11 is 1.54. The Morgan fingerprint density at radius 2 is 2.26 bits per heavy atom. The fourth-order valence-electron chi connectivity index (χ4n) is 2.85. The van der Waals surface area contributed by atoms with Crippen LogP contribution in [0.4, 0.5) is 0 Å². The van der Waals surface area contributed by atoms with E-state index in [1.807, 2.05) is 25.7 Å². The quantitative estimate of drug-likeness (QED) is 0.857. The van der Waals surface area contributed by atoms with Crippen molar-refractivity contribution in [2.45, 2.75) is 39.8 Å². The second kappa shape index (κ2) is 6.41. The average molecular weight is 335 g/mol. The third-order valence-electron chi connectivity index (χ3n) is 4.32. The Morgan fingerprint density at radius 3 is 3.00 bits per heavy atom. The van der Waals surface area contributed by atoms with Crippen molar-refractivity contribution in [1.29, 1.82) is 0 Å². The summed E-state index contributed by atoms with van der Waals surface area (Å²) in [6.45, 7) is 8.08. The predicted molar refractivity (Wildman–Crippen MR) is 90.0 cm³/mol. The summed E-state index contributed by atoms with van der Waals surface area (Å²) in [6.07, 6.45) is 1.93. The molecule has 0 N–H and O–H groups in total. The number of thiophene rings is 1. The van der Waals surface area contributed by atoms with Gasteiger partial charge in [0, 0.05) is 30.9 Å². The van der Waals surface area contributed by atoms with Gasteiger partial charge in [-0.2, -0.15) is 0 Å². The van der Waals surface area contributed by atoms with E-state index >= 15 is 0 Å². The molecule has 0 bridgehead atoms. The second-order valence-electron chi connectivity index (χ2n) is 5.98. The van der Waals surface area contributed by atoms with Crippen LogP contribution in [0.2, 0.25) is 0 Å². The molecule has 0 aliphatic carbocycles. The van der Waals surface area contributed by atoms with Crippen LogP contribution in [0.5, 0.6) is 0 Å². The van der Waals surface area contributed by atoms with Gasteiger partial charge in [0.1, 0.15) is 4.83 Å². The van der Waals surface area contributed by atoms with Crippen LogP contribution in [0.1, 0.15) is 23.8 Å². The lowest BCUT2D eigenvalue weighted by Crippen LogP contribution is -2.44. The van der Waals surface area contributed by atoms with Crippen molar-refractivity contribution in [3.63, 3.8) is 0 Å². The van der Waals surface area contributed by atoms with Crippen molar-refractivity contribution < 1.29 is 9.53 Å². The molecule has 0 radical (unpaired) electrons. The monoisotopic (exact) mass is 335 g/mol. The van der Waals surface area contributed by atoms with Gasteiger partial charge in [-0.3, -0.25) is 14.2 Å². The highest BCUT2D eigenvalue weighted by molar-refractivity contribution is 7.18. The van der Waals surface area contributed by atoms with Crippen LogP contribution in [0.15, 0.2) is 11.1 Å². The van der Waals surface area contributed by atoms with Crippen molar-refractivity contribution in [2.24, 2.45) is 0 Å². The van der Waals surface area contributed by atoms with E-state index in [2.05, 4.69) is 4.98 Å². The minimum absolute atomic E-state index is 0.0556. The van der Waals surface area contributed by atoms with E-state index in [-0.39, 0.29) is 17.6 Å². The number of aryl methyl sites for hydroxylation is 3. The molecule has 3 rings (SSSR count). The normalized spacial score (nSPS) is 18.6. The van der Waals surface area contributed by atoms with Gasteiger partial charge in [0.15, 0.2) is 0 Å². The number of hydrogen-bond donors (Lipinski definition) is 0. The number of hydrogen-bond acceptors (Lipinski definition) is 5. The molecule has 1 aliphatic rings. The number of ether oxygens (including phenoxy) is 1. The second-order valence-corrected chi connectivity index (χ2v) is 7.18. The summed E-state index contributed by atoms with van der Waals surface area (Å²) in [5.74, 6) is 0.0605. The van der Waals surface area contributed by atoms with Crippen LogP contribution in [0.25, 0.3) is 10.2 Å². The van der Waals surface area contributed by atoms with E-state index in [1.165, 1.54) is 11.3 Å². The minimum atomic E-state index is -0.0556. The molecule has 0 aromatic carbocycles. The van der Waals surface area contributed by atoms with E-state index in [0.29, 0.717) is 38.0 Å².